The van der Waals surface area contributed by atoms with Crippen molar-refractivity contribution < 1.29 is 28.5 Å². The minimum Gasteiger partial charge on any atom is -0.490 e. The molecule has 0 amide bonds. The van der Waals surface area contributed by atoms with Gasteiger partial charge in [0.1, 0.15) is 37.9 Å². The van der Waals surface area contributed by atoms with Crippen LogP contribution in [0.2, 0.25) is 0 Å². The second-order valence-corrected chi connectivity index (χ2v) is 7.11. The van der Waals surface area contributed by atoms with Crippen molar-refractivity contribution in [1.82, 2.24) is 0 Å². The van der Waals surface area contributed by atoms with Crippen LogP contribution in [0.3, 0.4) is 0 Å². The summed E-state index contributed by atoms with van der Waals surface area (Å²) in [7, 11) is 0. The van der Waals surface area contributed by atoms with Crippen LogP contribution in [0.5, 0.6) is 11.5 Å². The third kappa shape index (κ3) is 11.4. The Morgan fingerprint density at radius 1 is 0.657 bits per heavy atom. The third-order valence-corrected chi connectivity index (χ3v) is 4.68. The summed E-state index contributed by atoms with van der Waals surface area (Å²) < 4.78 is 21.0. The monoisotopic (exact) mass is 488 g/mol. The van der Waals surface area contributed by atoms with Crippen LogP contribution in [0, 0.1) is 0 Å². The summed E-state index contributed by atoms with van der Waals surface area (Å²) in [5.74, 6) is 0.478. The summed E-state index contributed by atoms with van der Waals surface area (Å²) in [5.41, 5.74) is 2.03. The first-order chi connectivity index (χ1) is 14.9. The Kier molecular flexibility index (Phi) is 18.4. The van der Waals surface area contributed by atoms with Crippen molar-refractivity contribution in [3.8, 4) is 11.5 Å². The van der Waals surface area contributed by atoms with Crippen LogP contribution in [-0.4, -0.2) is 38.4 Å². The fourth-order valence-electron chi connectivity index (χ4n) is 2.82. The molecule has 2 rings (SSSR count). The van der Waals surface area contributed by atoms with Crippen molar-refractivity contribution in [3.63, 3.8) is 0 Å². The number of rotatable bonds is 12. The summed E-state index contributed by atoms with van der Waals surface area (Å²) in [6.45, 7) is 11.9. The number of carbonyl (C=O) groups excluding carboxylic acids is 2. The van der Waals surface area contributed by atoms with E-state index >= 15 is 0 Å². The maximum absolute atomic E-state index is 11.0. The normalized spacial score (nSPS) is 9.43. The third-order valence-electron chi connectivity index (χ3n) is 4.68. The predicted molar refractivity (Wildman–Crippen MR) is 145 cm³/mol. The van der Waals surface area contributed by atoms with Crippen LogP contribution in [-0.2, 0) is 24.5 Å². The van der Waals surface area contributed by atoms with Gasteiger partial charge in [0.15, 0.2) is 0 Å². The molecule has 0 aliphatic carbocycles. The molecule has 2 aromatic carbocycles. The summed E-state index contributed by atoms with van der Waals surface area (Å²) in [6, 6.07) is 15.7. The quantitative estimate of drug-likeness (QED) is 0.186. The van der Waals surface area contributed by atoms with Gasteiger partial charge in [0.25, 0.3) is 0 Å². The molecule has 0 N–H and O–H groups in total. The van der Waals surface area contributed by atoms with Gasteiger partial charge in [-0.05, 0) is 35.4 Å². The molecule has 0 saturated heterocycles. The average molecular weight is 489 g/mol. The molecule has 0 radical (unpaired) electrons. The van der Waals surface area contributed by atoms with E-state index in [1.165, 1.54) is 0 Å². The molecule has 35 heavy (non-hydrogen) atoms. The van der Waals surface area contributed by atoms with E-state index in [1.54, 1.807) is 0 Å². The Hall–Kier alpha value is -3.54. The first-order valence-corrected chi connectivity index (χ1v) is 9.92. The number of benzene rings is 2. The smallest absolute Gasteiger partial charge is 0.330 e. The zero-order chi connectivity index (χ0) is 22.7. The Labute approximate surface area is 212 Å². The summed E-state index contributed by atoms with van der Waals surface area (Å²) in [5, 5.41) is 0. The molecule has 0 aliphatic rings. The molecule has 0 bridgehead atoms. The Morgan fingerprint density at radius 2 is 0.971 bits per heavy atom. The number of carbonyl (C=O) groups is 2. The molecule has 0 atom stereocenters. The van der Waals surface area contributed by atoms with Crippen molar-refractivity contribution in [2.45, 2.75) is 49.0 Å². The minimum atomic E-state index is -0.465. The predicted octanol–water partition coefficient (Wildman–Crippen LogP) is 6.77. The molecular weight excluding hydrogens is 444 g/mol. The van der Waals surface area contributed by atoms with Crippen molar-refractivity contribution in [2.75, 3.05) is 26.4 Å². The molecule has 0 saturated carbocycles. The first kappa shape index (κ1) is 36.0. The van der Waals surface area contributed by atoms with Crippen LogP contribution >= 0.6 is 0 Å². The lowest BCUT2D eigenvalue weighted by Gasteiger charge is -2.26. The maximum atomic E-state index is 11.0. The second-order valence-electron chi connectivity index (χ2n) is 7.11. The second kappa shape index (κ2) is 17.9. The lowest BCUT2D eigenvalue weighted by Crippen LogP contribution is -2.19. The fraction of sp³-hybridized carbons (Fsp3) is 0.379. The first-order valence-electron chi connectivity index (χ1n) is 9.92. The average Bonchev–Trinajstić information content (AvgIpc) is 2.79. The highest BCUT2D eigenvalue weighted by Gasteiger charge is 2.23. The van der Waals surface area contributed by atoms with Crippen LogP contribution in [0.1, 0.15) is 54.7 Å². The number of hydrogen-bond acceptors (Lipinski definition) is 6. The van der Waals surface area contributed by atoms with Gasteiger partial charge in [-0.3, -0.25) is 0 Å². The van der Waals surface area contributed by atoms with Gasteiger partial charge in [-0.25, -0.2) is 9.59 Å². The van der Waals surface area contributed by atoms with E-state index in [-0.39, 0.29) is 61.5 Å². The van der Waals surface area contributed by atoms with Crippen molar-refractivity contribution >= 4 is 11.9 Å². The van der Waals surface area contributed by atoms with Crippen LogP contribution in [0.25, 0.3) is 0 Å². The molecular formula is C29H44O6. The van der Waals surface area contributed by atoms with Gasteiger partial charge in [0, 0.05) is 17.6 Å². The molecule has 0 heterocycles. The maximum Gasteiger partial charge on any atom is 0.330 e. The van der Waals surface area contributed by atoms with E-state index in [0.717, 1.165) is 23.3 Å². The fourth-order valence-corrected chi connectivity index (χ4v) is 2.82. The molecule has 6 heteroatoms. The highest BCUT2D eigenvalue weighted by atomic mass is 16.6. The molecule has 2 aromatic rings. The van der Waals surface area contributed by atoms with E-state index in [4.69, 9.17) is 18.9 Å². The molecule has 6 nitrogen and oxygen atoms in total. The van der Waals surface area contributed by atoms with Gasteiger partial charge in [-0.15, -0.1) is 0 Å². The lowest BCUT2D eigenvalue weighted by molar-refractivity contribution is -0.139. The van der Waals surface area contributed by atoms with Crippen LogP contribution < -0.4 is 9.47 Å². The van der Waals surface area contributed by atoms with E-state index < -0.39 is 11.9 Å². The summed E-state index contributed by atoms with van der Waals surface area (Å²) in [4.78, 5) is 22.0. The minimum absolute atomic E-state index is 0. The molecule has 0 aliphatic heterocycles. The lowest BCUT2D eigenvalue weighted by atomic mass is 9.78. The van der Waals surface area contributed by atoms with Gasteiger partial charge in [-0.1, -0.05) is 81.0 Å². The number of hydrogen-bond donors (Lipinski definition) is 0. The zero-order valence-corrected chi connectivity index (χ0v) is 18.0. The van der Waals surface area contributed by atoms with Gasteiger partial charge in [-0.2, -0.15) is 0 Å². The van der Waals surface area contributed by atoms with E-state index in [0.29, 0.717) is 11.5 Å². The Balaban J connectivity index is -0.00000256. The topological polar surface area (TPSA) is 71.1 Å². The van der Waals surface area contributed by atoms with Crippen molar-refractivity contribution in [1.29, 1.82) is 0 Å². The Morgan fingerprint density at radius 3 is 1.26 bits per heavy atom. The van der Waals surface area contributed by atoms with Crippen LogP contribution in [0.15, 0.2) is 73.8 Å². The number of esters is 2. The summed E-state index contributed by atoms with van der Waals surface area (Å²) in [6.07, 6.45) is 2.24. The van der Waals surface area contributed by atoms with E-state index in [1.807, 2.05) is 48.5 Å². The van der Waals surface area contributed by atoms with Crippen LogP contribution in [0.4, 0.5) is 0 Å². The summed E-state index contributed by atoms with van der Waals surface area (Å²) >= 11 is 0. The SMILES string of the molecule is C.C.C.C.C=CC(=O)OCCOc1ccc(C(C)(C)c2ccc(OCCOC(=O)C=C)cc2)cc1. The molecule has 196 valence electrons. The van der Waals surface area contributed by atoms with E-state index in [2.05, 4.69) is 27.0 Å². The van der Waals surface area contributed by atoms with Crippen molar-refractivity contribution in [3.05, 3.63) is 85.0 Å². The molecule has 0 fully saturated rings. The number of ether oxygens (including phenoxy) is 4. The largest absolute Gasteiger partial charge is 0.490 e. The molecule has 0 spiro atoms. The Bertz CT molecular complexity index is 809. The molecule has 0 aromatic heterocycles. The van der Waals surface area contributed by atoms with Gasteiger partial charge >= 0.3 is 11.9 Å². The highest BCUT2D eigenvalue weighted by Crippen LogP contribution is 2.33. The van der Waals surface area contributed by atoms with Gasteiger partial charge in [0.05, 0.1) is 0 Å². The zero-order valence-electron chi connectivity index (χ0n) is 18.0. The highest BCUT2D eigenvalue weighted by molar-refractivity contribution is 5.81. The van der Waals surface area contributed by atoms with Gasteiger partial charge < -0.3 is 18.9 Å². The standard InChI is InChI=1S/C25H28O6.4CH4/c1-5-23(26)30-17-15-28-21-11-7-19(8-12-21)25(3,4)20-9-13-22(14-10-20)29-16-18-31-24(27)6-2;;;;/h5-14H,1-2,15-18H2,3-4H3;4*1H4. The van der Waals surface area contributed by atoms with Gasteiger partial charge in [0.2, 0.25) is 0 Å². The van der Waals surface area contributed by atoms with E-state index in [9.17, 15) is 9.59 Å². The van der Waals surface area contributed by atoms with Crippen molar-refractivity contribution in [2.24, 2.45) is 0 Å². The molecule has 0 unspecified atom stereocenters.